The molecule has 1 heterocycles. The molecule has 0 spiro atoms. The average Bonchev–Trinajstić information content (AvgIpc) is 2.85. The van der Waals surface area contributed by atoms with E-state index in [0.29, 0.717) is 5.92 Å². The fourth-order valence-electron chi connectivity index (χ4n) is 2.31. The molecule has 0 aliphatic heterocycles. The molecule has 1 aromatic carbocycles. The standard InChI is InChI=1S/C17H25N3/c1-4-9-18-11-15(3)17-7-5-16(6-8-17)13-20-12-14(2)10-19-20/h5-8,10,12,15,18H,4,9,11,13H2,1-3H3. The molecular weight excluding hydrogens is 246 g/mol. The summed E-state index contributed by atoms with van der Waals surface area (Å²) in [6.07, 6.45) is 5.16. The first-order chi connectivity index (χ1) is 9.69. The SMILES string of the molecule is CCCNCC(C)c1ccc(Cn2cc(C)cn2)cc1. The number of aryl methyl sites for hydroxylation is 1. The van der Waals surface area contributed by atoms with Gasteiger partial charge in [-0.3, -0.25) is 4.68 Å². The number of benzene rings is 1. The van der Waals surface area contributed by atoms with E-state index in [2.05, 4.69) is 61.6 Å². The molecule has 3 heteroatoms. The van der Waals surface area contributed by atoms with E-state index in [1.54, 1.807) is 0 Å². The second-order valence-electron chi connectivity index (χ2n) is 5.56. The molecule has 3 nitrogen and oxygen atoms in total. The molecule has 0 radical (unpaired) electrons. The predicted octanol–water partition coefficient (Wildman–Crippen LogP) is 3.34. The Kier molecular flexibility index (Phi) is 5.36. The minimum atomic E-state index is 0.558. The van der Waals surface area contributed by atoms with Gasteiger partial charge in [-0.15, -0.1) is 0 Å². The largest absolute Gasteiger partial charge is 0.316 e. The highest BCUT2D eigenvalue weighted by molar-refractivity contribution is 5.25. The lowest BCUT2D eigenvalue weighted by atomic mass is 10.00. The maximum absolute atomic E-state index is 4.33. The third-order valence-electron chi connectivity index (χ3n) is 3.53. The highest BCUT2D eigenvalue weighted by atomic mass is 15.3. The molecule has 2 rings (SSSR count). The molecule has 1 atom stereocenters. The van der Waals surface area contributed by atoms with Crippen molar-refractivity contribution in [1.29, 1.82) is 0 Å². The summed E-state index contributed by atoms with van der Waals surface area (Å²) in [7, 11) is 0. The van der Waals surface area contributed by atoms with Crippen LogP contribution in [0.25, 0.3) is 0 Å². The number of aromatic nitrogens is 2. The normalized spacial score (nSPS) is 12.6. The summed E-state index contributed by atoms with van der Waals surface area (Å²) in [5, 5.41) is 7.80. The van der Waals surface area contributed by atoms with Crippen LogP contribution < -0.4 is 5.32 Å². The lowest BCUT2D eigenvalue weighted by molar-refractivity contribution is 0.609. The molecule has 0 saturated heterocycles. The van der Waals surface area contributed by atoms with E-state index < -0.39 is 0 Å². The first-order valence-electron chi connectivity index (χ1n) is 7.47. The van der Waals surface area contributed by atoms with Crippen LogP contribution in [0, 0.1) is 6.92 Å². The maximum atomic E-state index is 4.33. The minimum Gasteiger partial charge on any atom is -0.316 e. The number of hydrogen-bond donors (Lipinski definition) is 1. The summed E-state index contributed by atoms with van der Waals surface area (Å²) < 4.78 is 1.98. The van der Waals surface area contributed by atoms with E-state index in [9.17, 15) is 0 Å². The molecular formula is C17H25N3. The molecule has 108 valence electrons. The second kappa shape index (κ2) is 7.25. The Bertz CT molecular complexity index is 513. The molecule has 1 N–H and O–H groups in total. The summed E-state index contributed by atoms with van der Waals surface area (Å²) in [6, 6.07) is 8.90. The van der Waals surface area contributed by atoms with Crippen LogP contribution in [-0.4, -0.2) is 22.9 Å². The van der Waals surface area contributed by atoms with Gasteiger partial charge in [0.2, 0.25) is 0 Å². The van der Waals surface area contributed by atoms with Crippen molar-refractivity contribution in [2.24, 2.45) is 0 Å². The average molecular weight is 271 g/mol. The van der Waals surface area contributed by atoms with Gasteiger partial charge in [-0.2, -0.15) is 5.10 Å². The van der Waals surface area contributed by atoms with Crippen molar-refractivity contribution < 1.29 is 0 Å². The molecule has 2 aromatic rings. The Morgan fingerprint density at radius 3 is 2.60 bits per heavy atom. The molecule has 0 amide bonds. The quantitative estimate of drug-likeness (QED) is 0.783. The molecule has 0 aliphatic rings. The van der Waals surface area contributed by atoms with Gasteiger partial charge >= 0.3 is 0 Å². The van der Waals surface area contributed by atoms with Crippen LogP contribution in [0.3, 0.4) is 0 Å². The Morgan fingerprint density at radius 2 is 2.00 bits per heavy atom. The maximum Gasteiger partial charge on any atom is 0.0659 e. The third-order valence-corrected chi connectivity index (χ3v) is 3.53. The van der Waals surface area contributed by atoms with Crippen LogP contribution in [-0.2, 0) is 6.54 Å². The highest BCUT2D eigenvalue weighted by Gasteiger charge is 2.05. The van der Waals surface area contributed by atoms with E-state index >= 15 is 0 Å². The van der Waals surface area contributed by atoms with E-state index in [4.69, 9.17) is 0 Å². The lowest BCUT2D eigenvalue weighted by Gasteiger charge is -2.13. The zero-order valence-corrected chi connectivity index (χ0v) is 12.8. The first kappa shape index (κ1) is 14.8. The van der Waals surface area contributed by atoms with Crippen molar-refractivity contribution in [3.63, 3.8) is 0 Å². The van der Waals surface area contributed by atoms with Crippen molar-refractivity contribution in [3.05, 3.63) is 53.3 Å². The monoisotopic (exact) mass is 271 g/mol. The summed E-state index contributed by atoms with van der Waals surface area (Å²) in [5.41, 5.74) is 3.90. The molecule has 0 aliphatic carbocycles. The number of rotatable bonds is 7. The van der Waals surface area contributed by atoms with Crippen molar-refractivity contribution in [2.45, 2.75) is 39.7 Å². The third kappa shape index (κ3) is 4.20. The molecule has 0 bridgehead atoms. The van der Waals surface area contributed by atoms with Crippen molar-refractivity contribution in [1.82, 2.24) is 15.1 Å². The van der Waals surface area contributed by atoms with Crippen LogP contribution in [0.1, 0.15) is 42.9 Å². The Hall–Kier alpha value is -1.61. The van der Waals surface area contributed by atoms with Crippen LogP contribution in [0.5, 0.6) is 0 Å². The topological polar surface area (TPSA) is 29.9 Å². The highest BCUT2D eigenvalue weighted by Crippen LogP contribution is 2.15. The molecule has 1 aromatic heterocycles. The van der Waals surface area contributed by atoms with Crippen LogP contribution in [0.4, 0.5) is 0 Å². The molecule has 1 unspecified atom stereocenters. The zero-order valence-electron chi connectivity index (χ0n) is 12.8. The van der Waals surface area contributed by atoms with Gasteiger partial charge in [0, 0.05) is 12.7 Å². The van der Waals surface area contributed by atoms with Crippen LogP contribution >= 0.6 is 0 Å². The molecule has 20 heavy (non-hydrogen) atoms. The number of hydrogen-bond acceptors (Lipinski definition) is 2. The minimum absolute atomic E-state index is 0.558. The van der Waals surface area contributed by atoms with Gasteiger partial charge in [0.25, 0.3) is 0 Å². The number of nitrogens with zero attached hydrogens (tertiary/aromatic N) is 2. The fourth-order valence-corrected chi connectivity index (χ4v) is 2.31. The first-order valence-corrected chi connectivity index (χ1v) is 7.47. The second-order valence-corrected chi connectivity index (χ2v) is 5.56. The van der Waals surface area contributed by atoms with E-state index in [-0.39, 0.29) is 0 Å². The van der Waals surface area contributed by atoms with Gasteiger partial charge < -0.3 is 5.32 Å². The molecule has 0 fully saturated rings. The van der Waals surface area contributed by atoms with Crippen LogP contribution in [0.2, 0.25) is 0 Å². The summed E-state index contributed by atoms with van der Waals surface area (Å²) in [4.78, 5) is 0. The van der Waals surface area contributed by atoms with E-state index in [1.165, 1.54) is 23.1 Å². The van der Waals surface area contributed by atoms with Gasteiger partial charge in [-0.1, -0.05) is 38.1 Å². The van der Waals surface area contributed by atoms with Gasteiger partial charge in [0.1, 0.15) is 0 Å². The fraction of sp³-hybridized carbons (Fsp3) is 0.471. The van der Waals surface area contributed by atoms with Crippen molar-refractivity contribution >= 4 is 0 Å². The van der Waals surface area contributed by atoms with Gasteiger partial charge in [0.15, 0.2) is 0 Å². The summed E-state index contributed by atoms with van der Waals surface area (Å²) in [5.74, 6) is 0.558. The lowest BCUT2D eigenvalue weighted by Crippen LogP contribution is -2.20. The Labute approximate surface area is 122 Å². The van der Waals surface area contributed by atoms with Crippen molar-refractivity contribution in [2.75, 3.05) is 13.1 Å². The predicted molar refractivity (Wildman–Crippen MR) is 84.1 cm³/mol. The zero-order chi connectivity index (χ0) is 14.4. The van der Waals surface area contributed by atoms with Crippen LogP contribution in [0.15, 0.2) is 36.7 Å². The molecule has 0 saturated carbocycles. The van der Waals surface area contributed by atoms with E-state index in [0.717, 1.165) is 19.6 Å². The van der Waals surface area contributed by atoms with Crippen molar-refractivity contribution in [3.8, 4) is 0 Å². The number of nitrogens with one attached hydrogen (secondary N) is 1. The van der Waals surface area contributed by atoms with Gasteiger partial charge in [0.05, 0.1) is 12.7 Å². The van der Waals surface area contributed by atoms with Gasteiger partial charge in [-0.05, 0) is 42.5 Å². The summed E-state index contributed by atoms with van der Waals surface area (Å²) in [6.45, 7) is 9.53. The Balaban J connectivity index is 1.92. The van der Waals surface area contributed by atoms with E-state index in [1.807, 2.05) is 10.9 Å². The smallest absolute Gasteiger partial charge is 0.0659 e. The Morgan fingerprint density at radius 1 is 1.25 bits per heavy atom. The summed E-state index contributed by atoms with van der Waals surface area (Å²) >= 11 is 0. The van der Waals surface area contributed by atoms with Gasteiger partial charge in [-0.25, -0.2) is 0 Å².